The Kier molecular flexibility index (Phi) is 5.77. The summed E-state index contributed by atoms with van der Waals surface area (Å²) in [6, 6.07) is 5.42. The van der Waals surface area contributed by atoms with Crippen LogP contribution < -0.4 is 10.2 Å². The molecule has 0 radical (unpaired) electrons. The Bertz CT molecular complexity index is 521. The van der Waals surface area contributed by atoms with Crippen LogP contribution in [0.25, 0.3) is 0 Å². The van der Waals surface area contributed by atoms with Crippen LogP contribution in [0.3, 0.4) is 0 Å². The van der Waals surface area contributed by atoms with Gasteiger partial charge in [0.15, 0.2) is 0 Å². The minimum absolute atomic E-state index is 0.215. The first kappa shape index (κ1) is 16.7. The normalized spacial score (nSPS) is 21.6. The number of hydrogen-bond donors (Lipinski definition) is 2. The minimum atomic E-state index is -0.971. The van der Waals surface area contributed by atoms with Crippen LogP contribution in [0.2, 0.25) is 0 Å². The molecule has 1 aromatic carbocycles. The van der Waals surface area contributed by atoms with E-state index in [1.165, 1.54) is 36.6 Å². The average Bonchev–Trinajstić information content (AvgIpc) is 2.47. The Morgan fingerprint density at radius 3 is 2.82 bits per heavy atom. The second kappa shape index (κ2) is 7.58. The quantitative estimate of drug-likeness (QED) is 0.848. The fourth-order valence-corrected chi connectivity index (χ4v) is 3.12. The van der Waals surface area contributed by atoms with E-state index in [4.69, 9.17) is 5.11 Å². The third kappa shape index (κ3) is 4.44. The Morgan fingerprint density at radius 1 is 1.41 bits per heavy atom. The van der Waals surface area contributed by atoms with Crippen LogP contribution in [-0.2, 0) is 11.3 Å². The highest BCUT2D eigenvalue weighted by molar-refractivity contribution is 5.73. The molecule has 5 heteroatoms. The molecule has 2 atom stereocenters. The lowest BCUT2D eigenvalue weighted by Crippen LogP contribution is -2.36. The molecular formula is C17H25FN2O2. The van der Waals surface area contributed by atoms with Crippen molar-refractivity contribution in [2.45, 2.75) is 45.2 Å². The van der Waals surface area contributed by atoms with Crippen LogP contribution in [0, 0.1) is 11.7 Å². The maximum absolute atomic E-state index is 13.9. The minimum Gasteiger partial charge on any atom is -0.480 e. The van der Waals surface area contributed by atoms with E-state index < -0.39 is 11.8 Å². The number of rotatable bonds is 6. The van der Waals surface area contributed by atoms with Crippen molar-refractivity contribution in [3.63, 3.8) is 0 Å². The van der Waals surface area contributed by atoms with Crippen molar-refractivity contribution in [2.24, 2.45) is 5.92 Å². The maximum Gasteiger partial charge on any atom is 0.323 e. The Balaban J connectivity index is 2.01. The molecule has 2 unspecified atom stereocenters. The third-order valence-corrected chi connectivity index (χ3v) is 4.47. The van der Waals surface area contributed by atoms with E-state index in [9.17, 15) is 9.18 Å². The average molecular weight is 308 g/mol. The van der Waals surface area contributed by atoms with Gasteiger partial charge in [-0.05, 0) is 36.5 Å². The highest BCUT2D eigenvalue weighted by atomic mass is 19.1. The van der Waals surface area contributed by atoms with E-state index >= 15 is 0 Å². The molecule has 4 nitrogen and oxygen atoms in total. The first-order chi connectivity index (χ1) is 10.5. The molecule has 1 aromatic rings. The summed E-state index contributed by atoms with van der Waals surface area (Å²) in [5.74, 6) is -0.691. The summed E-state index contributed by atoms with van der Waals surface area (Å²) in [5.41, 5.74) is 1.31. The molecule has 22 heavy (non-hydrogen) atoms. The highest BCUT2D eigenvalue weighted by Crippen LogP contribution is 2.25. The van der Waals surface area contributed by atoms with Crippen molar-refractivity contribution in [3.05, 3.63) is 29.6 Å². The molecule has 0 bridgehead atoms. The van der Waals surface area contributed by atoms with Crippen LogP contribution >= 0.6 is 0 Å². The summed E-state index contributed by atoms with van der Waals surface area (Å²) in [4.78, 5) is 12.2. The van der Waals surface area contributed by atoms with Crippen molar-refractivity contribution in [1.82, 2.24) is 5.32 Å². The Labute approximate surface area is 131 Å². The van der Waals surface area contributed by atoms with Crippen molar-refractivity contribution in [3.8, 4) is 0 Å². The highest BCUT2D eigenvalue weighted by Gasteiger charge is 2.20. The number of carbonyl (C=O) groups is 1. The van der Waals surface area contributed by atoms with Gasteiger partial charge in [-0.1, -0.05) is 25.8 Å². The number of anilines is 1. The fraction of sp³-hybridized carbons (Fsp3) is 0.588. The topological polar surface area (TPSA) is 52.6 Å². The molecule has 0 amide bonds. The molecule has 0 aliphatic heterocycles. The van der Waals surface area contributed by atoms with Crippen LogP contribution in [0.5, 0.6) is 0 Å². The number of nitrogens with one attached hydrogen (secondary N) is 1. The molecule has 1 fully saturated rings. The van der Waals surface area contributed by atoms with Crippen LogP contribution in [-0.4, -0.2) is 30.7 Å². The molecule has 0 heterocycles. The molecule has 0 aromatic heterocycles. The maximum atomic E-state index is 13.9. The summed E-state index contributed by atoms with van der Waals surface area (Å²) in [6.45, 7) is 2.74. The molecule has 0 saturated heterocycles. The summed E-state index contributed by atoms with van der Waals surface area (Å²) >= 11 is 0. The van der Waals surface area contributed by atoms with E-state index in [2.05, 4.69) is 12.2 Å². The van der Waals surface area contributed by atoms with Crippen LogP contribution in [0.15, 0.2) is 18.2 Å². The first-order valence-corrected chi connectivity index (χ1v) is 7.92. The number of likely N-dealkylation sites (N-methyl/N-ethyl adjacent to an activating group) is 1. The molecule has 2 N–H and O–H groups in total. The Morgan fingerprint density at radius 2 is 2.14 bits per heavy atom. The number of carboxylic acid groups (broad SMARTS) is 1. The van der Waals surface area contributed by atoms with E-state index in [0.29, 0.717) is 24.2 Å². The van der Waals surface area contributed by atoms with Crippen molar-refractivity contribution in [1.29, 1.82) is 0 Å². The molecule has 0 spiro atoms. The second-order valence-electron chi connectivity index (χ2n) is 6.28. The lowest BCUT2D eigenvalue weighted by molar-refractivity contribution is -0.135. The Hall–Kier alpha value is -1.62. The zero-order valence-electron chi connectivity index (χ0n) is 13.3. The molecule has 1 saturated carbocycles. The van der Waals surface area contributed by atoms with Gasteiger partial charge in [0.05, 0.1) is 5.69 Å². The summed E-state index contributed by atoms with van der Waals surface area (Å²) < 4.78 is 13.9. The first-order valence-electron chi connectivity index (χ1n) is 7.92. The number of hydrogen-bond acceptors (Lipinski definition) is 3. The fourth-order valence-electron chi connectivity index (χ4n) is 3.12. The van der Waals surface area contributed by atoms with Crippen molar-refractivity contribution >= 4 is 11.7 Å². The largest absolute Gasteiger partial charge is 0.480 e. The zero-order chi connectivity index (χ0) is 16.1. The van der Waals surface area contributed by atoms with Gasteiger partial charge in [-0.25, -0.2) is 4.39 Å². The van der Waals surface area contributed by atoms with Crippen LogP contribution in [0.1, 0.15) is 38.2 Å². The summed E-state index contributed by atoms with van der Waals surface area (Å²) in [5, 5.41) is 12.4. The number of halogens is 1. The zero-order valence-corrected chi connectivity index (χ0v) is 13.3. The van der Waals surface area contributed by atoms with Gasteiger partial charge in [-0.3, -0.25) is 4.79 Å². The van der Waals surface area contributed by atoms with E-state index in [-0.39, 0.29) is 6.54 Å². The lowest BCUT2D eigenvalue weighted by Gasteiger charge is -2.29. The molecular weight excluding hydrogens is 283 g/mol. The number of carboxylic acids is 1. The van der Waals surface area contributed by atoms with Crippen molar-refractivity contribution < 1.29 is 14.3 Å². The predicted octanol–water partition coefficient (Wildman–Crippen LogP) is 3.01. The van der Waals surface area contributed by atoms with Gasteiger partial charge in [0.25, 0.3) is 0 Å². The van der Waals surface area contributed by atoms with Gasteiger partial charge in [0.1, 0.15) is 12.4 Å². The van der Waals surface area contributed by atoms with Gasteiger partial charge >= 0.3 is 5.97 Å². The lowest BCUT2D eigenvalue weighted by atomic mass is 9.86. The van der Waals surface area contributed by atoms with Gasteiger partial charge < -0.3 is 15.3 Å². The molecule has 1 aliphatic carbocycles. The number of nitrogens with zero attached hydrogens (tertiary/aromatic N) is 1. The van der Waals surface area contributed by atoms with Crippen molar-refractivity contribution in [2.75, 3.05) is 18.5 Å². The predicted molar refractivity (Wildman–Crippen MR) is 85.6 cm³/mol. The molecule has 1 aliphatic rings. The molecule has 2 rings (SSSR count). The van der Waals surface area contributed by atoms with E-state index in [1.807, 2.05) is 0 Å². The SMILES string of the molecule is CC1CCCCC1NCc1ccc(F)c(N(C)CC(=O)O)c1. The smallest absolute Gasteiger partial charge is 0.323 e. The van der Waals surface area contributed by atoms with Gasteiger partial charge in [0.2, 0.25) is 0 Å². The summed E-state index contributed by atoms with van der Waals surface area (Å²) in [7, 11) is 1.59. The third-order valence-electron chi connectivity index (χ3n) is 4.47. The monoisotopic (exact) mass is 308 g/mol. The van der Waals surface area contributed by atoms with Gasteiger partial charge in [0, 0.05) is 19.6 Å². The van der Waals surface area contributed by atoms with E-state index in [0.717, 1.165) is 5.56 Å². The van der Waals surface area contributed by atoms with Gasteiger partial charge in [-0.2, -0.15) is 0 Å². The van der Waals surface area contributed by atoms with Crippen LogP contribution in [0.4, 0.5) is 10.1 Å². The van der Waals surface area contributed by atoms with E-state index in [1.54, 1.807) is 19.2 Å². The number of benzene rings is 1. The summed E-state index contributed by atoms with van der Waals surface area (Å²) in [6.07, 6.45) is 5.01. The number of aliphatic carboxylic acids is 1. The second-order valence-corrected chi connectivity index (χ2v) is 6.28. The standard InChI is InChI=1S/C17H25FN2O2/c1-12-5-3-4-6-15(12)19-10-13-7-8-14(18)16(9-13)20(2)11-17(21)22/h7-9,12,15,19H,3-6,10-11H2,1-2H3,(H,21,22). The van der Waals surface area contributed by atoms with Gasteiger partial charge in [-0.15, -0.1) is 0 Å². The molecule has 122 valence electrons.